The summed E-state index contributed by atoms with van der Waals surface area (Å²) in [5, 5.41) is 20.5. The number of aromatic nitrogens is 1. The molecule has 0 aromatic carbocycles. The number of carbonyl (C=O) groups is 2. The number of aliphatic hydroxyl groups is 1. The summed E-state index contributed by atoms with van der Waals surface area (Å²) in [6.45, 7) is 2.48. The molecule has 1 aromatic heterocycles. The van der Waals surface area contributed by atoms with Crippen LogP contribution < -0.4 is 5.32 Å². The van der Waals surface area contributed by atoms with E-state index in [0.717, 1.165) is 6.92 Å². The van der Waals surface area contributed by atoms with E-state index in [0.29, 0.717) is 11.1 Å². The molecule has 1 heterocycles. The zero-order valence-corrected chi connectivity index (χ0v) is 9.60. The van der Waals surface area contributed by atoms with Crippen LogP contribution in [0.25, 0.3) is 0 Å². The van der Waals surface area contributed by atoms with Crippen LogP contribution in [0.5, 0.6) is 0 Å². The van der Waals surface area contributed by atoms with Crippen LogP contribution in [0.4, 0.5) is 0 Å². The van der Waals surface area contributed by atoms with Crippen molar-refractivity contribution in [3.63, 3.8) is 0 Å². The van der Waals surface area contributed by atoms with Crippen molar-refractivity contribution in [2.24, 2.45) is 0 Å². The molecule has 0 saturated heterocycles. The smallest absolute Gasteiger partial charge is 0.337 e. The van der Waals surface area contributed by atoms with E-state index in [1.807, 2.05) is 0 Å². The molecule has 6 heteroatoms. The van der Waals surface area contributed by atoms with Crippen LogP contribution in [0.2, 0.25) is 0 Å². The minimum absolute atomic E-state index is 0.358. The number of pyridine rings is 1. The van der Waals surface area contributed by atoms with Crippen molar-refractivity contribution in [2.45, 2.75) is 19.4 Å². The molecule has 0 aliphatic heterocycles. The molecule has 1 unspecified atom stereocenters. The van der Waals surface area contributed by atoms with Crippen LogP contribution >= 0.6 is 0 Å². The van der Waals surface area contributed by atoms with Crippen LogP contribution in [0.3, 0.4) is 0 Å². The summed E-state index contributed by atoms with van der Waals surface area (Å²) in [5.41, 5.74) is -0.891. The molecule has 0 aliphatic carbocycles. The van der Waals surface area contributed by atoms with Gasteiger partial charge in [0.15, 0.2) is 5.60 Å². The van der Waals surface area contributed by atoms with Gasteiger partial charge in [-0.3, -0.25) is 9.78 Å². The predicted molar refractivity (Wildman–Crippen MR) is 59.6 cm³/mol. The van der Waals surface area contributed by atoms with Crippen molar-refractivity contribution >= 4 is 11.9 Å². The van der Waals surface area contributed by atoms with Gasteiger partial charge in [0, 0.05) is 18.0 Å². The van der Waals surface area contributed by atoms with Gasteiger partial charge in [-0.1, -0.05) is 0 Å². The number of carbonyl (C=O) groups excluding carboxylic acids is 1. The molecule has 0 saturated carbocycles. The Morgan fingerprint density at radius 3 is 2.71 bits per heavy atom. The van der Waals surface area contributed by atoms with Gasteiger partial charge in [0.05, 0.1) is 6.54 Å². The Balaban J connectivity index is 2.69. The average Bonchev–Trinajstić information content (AvgIpc) is 2.26. The first-order chi connectivity index (χ1) is 7.84. The van der Waals surface area contributed by atoms with Crippen LogP contribution in [0.15, 0.2) is 18.5 Å². The molecule has 3 N–H and O–H groups in total. The lowest BCUT2D eigenvalue weighted by Crippen LogP contribution is -2.46. The third kappa shape index (κ3) is 3.25. The number of rotatable bonds is 4. The molecule has 0 bridgehead atoms. The van der Waals surface area contributed by atoms with E-state index in [1.54, 1.807) is 6.92 Å². The standard InChI is InChI=1S/C11H14N2O4/c1-7-5-12-4-3-8(7)9(14)13-6-11(2,17)10(15)16/h3-5,17H,6H2,1-2H3,(H,13,14)(H,15,16). The van der Waals surface area contributed by atoms with Gasteiger partial charge in [0.25, 0.3) is 5.91 Å². The maximum Gasteiger partial charge on any atom is 0.337 e. The lowest BCUT2D eigenvalue weighted by molar-refractivity contribution is -0.155. The number of hydrogen-bond acceptors (Lipinski definition) is 4. The molecule has 92 valence electrons. The van der Waals surface area contributed by atoms with Crippen molar-refractivity contribution in [3.8, 4) is 0 Å². The van der Waals surface area contributed by atoms with E-state index >= 15 is 0 Å². The van der Waals surface area contributed by atoms with Crippen molar-refractivity contribution in [1.29, 1.82) is 0 Å². The fourth-order valence-corrected chi connectivity index (χ4v) is 1.15. The molecular weight excluding hydrogens is 224 g/mol. The second-order valence-electron chi connectivity index (χ2n) is 3.95. The molecule has 0 spiro atoms. The SMILES string of the molecule is Cc1cnccc1C(=O)NCC(C)(O)C(=O)O. The highest BCUT2D eigenvalue weighted by Gasteiger charge is 2.30. The lowest BCUT2D eigenvalue weighted by atomic mass is 10.1. The van der Waals surface area contributed by atoms with Gasteiger partial charge in [-0.15, -0.1) is 0 Å². The lowest BCUT2D eigenvalue weighted by Gasteiger charge is -2.18. The van der Waals surface area contributed by atoms with E-state index in [1.165, 1.54) is 18.5 Å². The van der Waals surface area contributed by atoms with Crippen molar-refractivity contribution in [3.05, 3.63) is 29.6 Å². The molecule has 17 heavy (non-hydrogen) atoms. The molecule has 0 fully saturated rings. The Labute approximate surface area is 98.3 Å². The number of aliphatic carboxylic acids is 1. The number of nitrogens with zero attached hydrogens (tertiary/aromatic N) is 1. The minimum atomic E-state index is -1.98. The van der Waals surface area contributed by atoms with Crippen LogP contribution in [0, 0.1) is 6.92 Å². The van der Waals surface area contributed by atoms with Gasteiger partial charge < -0.3 is 15.5 Å². The Morgan fingerprint density at radius 2 is 2.18 bits per heavy atom. The summed E-state index contributed by atoms with van der Waals surface area (Å²) < 4.78 is 0. The average molecular weight is 238 g/mol. The molecule has 1 rings (SSSR count). The topological polar surface area (TPSA) is 99.5 Å². The third-order valence-electron chi connectivity index (χ3n) is 2.32. The number of amides is 1. The number of carboxylic acids is 1. The third-order valence-corrected chi connectivity index (χ3v) is 2.32. The molecule has 1 atom stereocenters. The van der Waals surface area contributed by atoms with Gasteiger partial charge in [-0.25, -0.2) is 4.79 Å². The van der Waals surface area contributed by atoms with Crippen LogP contribution in [-0.2, 0) is 4.79 Å². The Hall–Kier alpha value is -1.95. The second-order valence-corrected chi connectivity index (χ2v) is 3.95. The molecule has 6 nitrogen and oxygen atoms in total. The summed E-state index contributed by atoms with van der Waals surface area (Å²) in [6, 6.07) is 1.53. The van der Waals surface area contributed by atoms with Crippen LogP contribution in [-0.4, -0.2) is 39.2 Å². The van der Waals surface area contributed by atoms with Crippen molar-refractivity contribution in [1.82, 2.24) is 10.3 Å². The van der Waals surface area contributed by atoms with Gasteiger partial charge in [-0.2, -0.15) is 0 Å². The molecule has 1 aromatic rings. The van der Waals surface area contributed by atoms with Gasteiger partial charge in [-0.05, 0) is 25.5 Å². The number of aryl methyl sites for hydroxylation is 1. The fraction of sp³-hybridized carbons (Fsp3) is 0.364. The number of hydrogen-bond donors (Lipinski definition) is 3. The van der Waals surface area contributed by atoms with Gasteiger partial charge >= 0.3 is 5.97 Å². The first-order valence-corrected chi connectivity index (χ1v) is 4.99. The monoisotopic (exact) mass is 238 g/mol. The van der Waals surface area contributed by atoms with Gasteiger partial charge in [0.2, 0.25) is 0 Å². The number of nitrogens with one attached hydrogen (secondary N) is 1. The Morgan fingerprint density at radius 1 is 1.53 bits per heavy atom. The van der Waals surface area contributed by atoms with Crippen molar-refractivity contribution < 1.29 is 19.8 Å². The molecule has 0 aliphatic rings. The fourth-order valence-electron chi connectivity index (χ4n) is 1.15. The second kappa shape index (κ2) is 4.92. The summed E-state index contributed by atoms with van der Waals surface area (Å²) in [4.78, 5) is 26.2. The summed E-state index contributed by atoms with van der Waals surface area (Å²) in [5.74, 6) is -1.82. The van der Waals surface area contributed by atoms with E-state index in [2.05, 4.69) is 10.3 Å². The molecular formula is C11H14N2O4. The predicted octanol–water partition coefficient (Wildman–Crippen LogP) is -0.0446. The van der Waals surface area contributed by atoms with Crippen LogP contribution in [0.1, 0.15) is 22.8 Å². The highest BCUT2D eigenvalue weighted by molar-refractivity contribution is 5.95. The zero-order chi connectivity index (χ0) is 13.1. The van der Waals surface area contributed by atoms with Crippen molar-refractivity contribution in [2.75, 3.05) is 6.54 Å². The number of carboxylic acid groups (broad SMARTS) is 1. The van der Waals surface area contributed by atoms with E-state index in [-0.39, 0.29) is 6.54 Å². The summed E-state index contributed by atoms with van der Waals surface area (Å²) in [6.07, 6.45) is 3.00. The highest BCUT2D eigenvalue weighted by Crippen LogP contribution is 2.06. The van der Waals surface area contributed by atoms with E-state index in [4.69, 9.17) is 5.11 Å². The zero-order valence-electron chi connectivity index (χ0n) is 9.60. The summed E-state index contributed by atoms with van der Waals surface area (Å²) in [7, 11) is 0. The minimum Gasteiger partial charge on any atom is -0.479 e. The van der Waals surface area contributed by atoms with E-state index < -0.39 is 17.5 Å². The quantitative estimate of drug-likeness (QED) is 0.683. The Bertz CT molecular complexity index is 443. The molecule has 1 amide bonds. The van der Waals surface area contributed by atoms with E-state index in [9.17, 15) is 14.7 Å². The largest absolute Gasteiger partial charge is 0.479 e. The highest BCUT2D eigenvalue weighted by atomic mass is 16.4. The first-order valence-electron chi connectivity index (χ1n) is 4.99. The first kappa shape index (κ1) is 13.1. The normalized spacial score (nSPS) is 13.8. The molecule has 0 radical (unpaired) electrons. The summed E-state index contributed by atoms with van der Waals surface area (Å²) >= 11 is 0. The Kier molecular flexibility index (Phi) is 3.80. The maximum absolute atomic E-state index is 11.7. The maximum atomic E-state index is 11.7. The van der Waals surface area contributed by atoms with Gasteiger partial charge in [0.1, 0.15) is 0 Å².